The maximum Gasteiger partial charge on any atom is 0.0183 e. The minimum atomic E-state index is 1.03. The van der Waals surface area contributed by atoms with Gasteiger partial charge in [-0.2, -0.15) is 0 Å². The number of hydrogen-bond donors (Lipinski definition) is 1. The van der Waals surface area contributed by atoms with E-state index in [0.717, 1.165) is 11.8 Å². The Morgan fingerprint density at radius 1 is 1.18 bits per heavy atom. The Morgan fingerprint density at radius 2 is 2.09 bits per heavy atom. The zero-order valence-electron chi connectivity index (χ0n) is 6.90. The van der Waals surface area contributed by atoms with Crippen LogP contribution in [-0.2, 0) is 0 Å². The van der Waals surface area contributed by atoms with Gasteiger partial charge < -0.3 is 5.32 Å². The van der Waals surface area contributed by atoms with Gasteiger partial charge in [-0.25, -0.2) is 0 Å². The molecule has 2 aliphatic carbocycles. The first-order valence-corrected chi connectivity index (χ1v) is 4.85. The highest BCUT2D eigenvalue weighted by atomic mass is 14.9. The average Bonchev–Trinajstić information content (AvgIpc) is 2.42. The molecular formula is C10H15N. The summed E-state index contributed by atoms with van der Waals surface area (Å²) in [6.07, 6.45) is 6.01. The van der Waals surface area contributed by atoms with E-state index in [1.165, 1.54) is 38.8 Å². The molecule has 1 nitrogen and oxygen atoms in total. The highest BCUT2D eigenvalue weighted by Gasteiger charge is 2.37. The third kappa shape index (κ3) is 0.807. The zero-order chi connectivity index (χ0) is 7.26. The molecule has 2 atom stereocenters. The van der Waals surface area contributed by atoms with Crippen LogP contribution in [0.2, 0.25) is 0 Å². The predicted molar refractivity (Wildman–Crippen MR) is 45.3 cm³/mol. The van der Waals surface area contributed by atoms with Gasteiger partial charge in [-0.3, -0.25) is 0 Å². The van der Waals surface area contributed by atoms with Gasteiger partial charge in [0.15, 0.2) is 0 Å². The van der Waals surface area contributed by atoms with E-state index in [9.17, 15) is 0 Å². The number of fused-ring (bicyclic) bond motifs is 2. The molecule has 3 aliphatic rings. The lowest BCUT2D eigenvalue weighted by Gasteiger charge is -2.26. The molecule has 0 radical (unpaired) electrons. The van der Waals surface area contributed by atoms with Crippen molar-refractivity contribution < 1.29 is 0 Å². The van der Waals surface area contributed by atoms with Crippen LogP contribution in [0.1, 0.15) is 25.7 Å². The third-order valence-corrected chi connectivity index (χ3v) is 3.67. The van der Waals surface area contributed by atoms with Crippen LogP contribution in [0.25, 0.3) is 0 Å². The highest BCUT2D eigenvalue weighted by Crippen LogP contribution is 2.49. The number of allylic oxidation sites excluding steroid dienone is 1. The van der Waals surface area contributed by atoms with E-state index >= 15 is 0 Å². The van der Waals surface area contributed by atoms with Gasteiger partial charge in [0.2, 0.25) is 0 Å². The molecule has 0 aromatic heterocycles. The van der Waals surface area contributed by atoms with E-state index < -0.39 is 0 Å². The van der Waals surface area contributed by atoms with Crippen LogP contribution >= 0.6 is 0 Å². The SMILES string of the molecule is C1NCC1=C1CC2CCC1C2. The molecule has 3 fully saturated rings. The molecule has 2 saturated carbocycles. The van der Waals surface area contributed by atoms with Crippen molar-refractivity contribution in [2.75, 3.05) is 13.1 Å². The minimum Gasteiger partial charge on any atom is -0.309 e. The fourth-order valence-corrected chi connectivity index (χ4v) is 2.96. The summed E-state index contributed by atoms with van der Waals surface area (Å²) < 4.78 is 0. The van der Waals surface area contributed by atoms with Crippen molar-refractivity contribution in [1.29, 1.82) is 0 Å². The van der Waals surface area contributed by atoms with Gasteiger partial charge in [-0.05, 0) is 43.1 Å². The lowest BCUT2D eigenvalue weighted by atomic mass is 9.89. The molecule has 11 heavy (non-hydrogen) atoms. The van der Waals surface area contributed by atoms with Crippen LogP contribution in [0, 0.1) is 11.8 Å². The first-order valence-electron chi connectivity index (χ1n) is 4.85. The van der Waals surface area contributed by atoms with E-state index in [-0.39, 0.29) is 0 Å². The molecule has 0 aromatic carbocycles. The summed E-state index contributed by atoms with van der Waals surface area (Å²) in [5.74, 6) is 2.11. The van der Waals surface area contributed by atoms with Crippen LogP contribution in [-0.4, -0.2) is 13.1 Å². The van der Waals surface area contributed by atoms with Gasteiger partial charge >= 0.3 is 0 Å². The molecule has 3 rings (SSSR count). The Labute approximate surface area is 67.9 Å². The molecule has 0 amide bonds. The van der Waals surface area contributed by atoms with E-state index in [4.69, 9.17) is 0 Å². The van der Waals surface area contributed by atoms with E-state index in [2.05, 4.69) is 5.32 Å². The normalized spacial score (nSPS) is 41.5. The molecule has 1 aliphatic heterocycles. The maximum absolute atomic E-state index is 3.34. The second-order valence-corrected chi connectivity index (χ2v) is 4.31. The van der Waals surface area contributed by atoms with Gasteiger partial charge in [0.1, 0.15) is 0 Å². The van der Waals surface area contributed by atoms with E-state index in [0.29, 0.717) is 0 Å². The van der Waals surface area contributed by atoms with Gasteiger partial charge in [-0.1, -0.05) is 5.57 Å². The molecule has 60 valence electrons. The molecule has 1 heteroatoms. The Kier molecular flexibility index (Phi) is 1.19. The molecule has 0 spiro atoms. The summed E-state index contributed by atoms with van der Waals surface area (Å²) in [6.45, 7) is 2.41. The van der Waals surface area contributed by atoms with Gasteiger partial charge in [0, 0.05) is 13.1 Å². The molecular weight excluding hydrogens is 134 g/mol. The number of rotatable bonds is 0. The van der Waals surface area contributed by atoms with Crippen molar-refractivity contribution in [3.63, 3.8) is 0 Å². The van der Waals surface area contributed by atoms with Crippen molar-refractivity contribution in [2.45, 2.75) is 25.7 Å². The van der Waals surface area contributed by atoms with Crippen LogP contribution in [0.3, 0.4) is 0 Å². The minimum absolute atomic E-state index is 1.03. The first kappa shape index (κ1) is 6.24. The smallest absolute Gasteiger partial charge is 0.0183 e. The van der Waals surface area contributed by atoms with Crippen LogP contribution in [0.4, 0.5) is 0 Å². The quantitative estimate of drug-likeness (QED) is 0.517. The average molecular weight is 149 g/mol. The summed E-state index contributed by atoms with van der Waals surface area (Å²) in [7, 11) is 0. The second kappa shape index (κ2) is 2.10. The Morgan fingerprint density at radius 3 is 2.55 bits per heavy atom. The lowest BCUT2D eigenvalue weighted by Crippen LogP contribution is -2.35. The maximum atomic E-state index is 3.34. The largest absolute Gasteiger partial charge is 0.309 e. The van der Waals surface area contributed by atoms with Gasteiger partial charge in [0.25, 0.3) is 0 Å². The number of nitrogens with one attached hydrogen (secondary N) is 1. The van der Waals surface area contributed by atoms with Gasteiger partial charge in [0.05, 0.1) is 0 Å². The first-order chi connectivity index (χ1) is 5.43. The molecule has 1 heterocycles. The van der Waals surface area contributed by atoms with Crippen LogP contribution < -0.4 is 5.32 Å². The fraction of sp³-hybridized carbons (Fsp3) is 0.800. The number of hydrogen-bond acceptors (Lipinski definition) is 1. The van der Waals surface area contributed by atoms with E-state index in [1.54, 1.807) is 5.57 Å². The summed E-state index contributed by atoms with van der Waals surface area (Å²) in [6, 6.07) is 0. The Bertz CT molecular complexity index is 211. The summed E-state index contributed by atoms with van der Waals surface area (Å²) in [5.41, 5.74) is 3.62. The van der Waals surface area contributed by atoms with Crippen molar-refractivity contribution in [3.05, 3.63) is 11.1 Å². The fourth-order valence-electron chi connectivity index (χ4n) is 2.96. The topological polar surface area (TPSA) is 12.0 Å². The van der Waals surface area contributed by atoms with Crippen molar-refractivity contribution >= 4 is 0 Å². The summed E-state index contributed by atoms with van der Waals surface area (Å²) >= 11 is 0. The molecule has 2 bridgehead atoms. The monoisotopic (exact) mass is 149 g/mol. The lowest BCUT2D eigenvalue weighted by molar-refractivity contribution is 0.539. The molecule has 2 unspecified atom stereocenters. The van der Waals surface area contributed by atoms with E-state index in [1.807, 2.05) is 5.57 Å². The van der Waals surface area contributed by atoms with Crippen LogP contribution in [0.5, 0.6) is 0 Å². The Balaban J connectivity index is 1.90. The molecule has 1 N–H and O–H groups in total. The summed E-state index contributed by atoms with van der Waals surface area (Å²) in [4.78, 5) is 0. The van der Waals surface area contributed by atoms with Crippen LogP contribution in [0.15, 0.2) is 11.1 Å². The predicted octanol–water partition coefficient (Wildman–Crippen LogP) is 1.71. The third-order valence-electron chi connectivity index (χ3n) is 3.67. The van der Waals surface area contributed by atoms with Crippen molar-refractivity contribution in [3.8, 4) is 0 Å². The van der Waals surface area contributed by atoms with Gasteiger partial charge in [-0.15, -0.1) is 0 Å². The molecule has 0 aromatic rings. The second-order valence-electron chi connectivity index (χ2n) is 4.31. The van der Waals surface area contributed by atoms with Crippen molar-refractivity contribution in [1.82, 2.24) is 5.32 Å². The summed E-state index contributed by atoms with van der Waals surface area (Å²) in [5, 5.41) is 3.34. The van der Waals surface area contributed by atoms with Crippen molar-refractivity contribution in [2.24, 2.45) is 11.8 Å². The Hall–Kier alpha value is -0.300. The zero-order valence-corrected chi connectivity index (χ0v) is 6.90. The molecule has 1 saturated heterocycles. The standard InChI is InChI=1S/C10H15N/c1-2-8-3-7(1)4-10(8)9-5-11-6-9/h7-8,11H,1-6H2. The highest BCUT2D eigenvalue weighted by molar-refractivity contribution is 5.29.